The molecule has 0 aromatic heterocycles. The van der Waals surface area contributed by atoms with Gasteiger partial charge in [-0.05, 0) is 54.7 Å². The van der Waals surface area contributed by atoms with Crippen LogP contribution in [-0.2, 0) is 16.0 Å². The highest BCUT2D eigenvalue weighted by molar-refractivity contribution is 6.46. The van der Waals surface area contributed by atoms with Gasteiger partial charge in [0.1, 0.15) is 11.6 Å². The van der Waals surface area contributed by atoms with Gasteiger partial charge >= 0.3 is 0 Å². The summed E-state index contributed by atoms with van der Waals surface area (Å²) in [5.74, 6) is -1.97. The van der Waals surface area contributed by atoms with Crippen LogP contribution < -0.4 is 0 Å². The summed E-state index contributed by atoms with van der Waals surface area (Å²) in [5.41, 5.74) is 2.67. The fourth-order valence-electron chi connectivity index (χ4n) is 3.67. The molecule has 1 fully saturated rings. The predicted octanol–water partition coefficient (Wildman–Crippen LogP) is 4.92. The van der Waals surface area contributed by atoms with Gasteiger partial charge in [0.15, 0.2) is 0 Å². The number of hydrogen-bond acceptors (Lipinski definition) is 3. The summed E-state index contributed by atoms with van der Waals surface area (Å²) in [5, 5.41) is 11.0. The molecule has 5 heteroatoms. The van der Waals surface area contributed by atoms with Crippen LogP contribution in [0.5, 0.6) is 0 Å². The number of ketones is 1. The number of halogens is 1. The third-order valence-corrected chi connectivity index (χ3v) is 5.43. The minimum Gasteiger partial charge on any atom is -0.507 e. The second kappa shape index (κ2) is 8.60. The standard InChI is InChI=1S/C24H26FNO3/c1-4-6-13-26-21(17-9-7-16(5-2)8-10-17)20(23(28)24(26)29)22(27)18-11-12-19(25)15(3)14-18/h7-12,14,21,27H,4-6,13H2,1-3H3/b22-20-. The minimum absolute atomic E-state index is 0.0568. The summed E-state index contributed by atoms with van der Waals surface area (Å²) in [6, 6.07) is 11.2. The molecule has 0 bridgehead atoms. The first-order valence-electron chi connectivity index (χ1n) is 10.0. The lowest BCUT2D eigenvalue weighted by Crippen LogP contribution is -2.30. The van der Waals surface area contributed by atoms with Crippen LogP contribution in [0.15, 0.2) is 48.0 Å². The van der Waals surface area contributed by atoms with E-state index in [1.165, 1.54) is 23.1 Å². The van der Waals surface area contributed by atoms with Crippen LogP contribution in [-0.4, -0.2) is 28.2 Å². The number of aryl methyl sites for hydroxylation is 2. The SMILES string of the molecule is CCCCN1C(=O)C(=O)/C(=C(\O)c2ccc(F)c(C)c2)C1c1ccc(CC)cc1. The molecule has 29 heavy (non-hydrogen) atoms. The smallest absolute Gasteiger partial charge is 0.295 e. The molecule has 1 N–H and O–H groups in total. The molecule has 1 unspecified atom stereocenters. The van der Waals surface area contributed by atoms with Crippen molar-refractivity contribution in [3.05, 3.63) is 76.1 Å². The van der Waals surface area contributed by atoms with E-state index in [4.69, 9.17) is 0 Å². The zero-order valence-corrected chi connectivity index (χ0v) is 17.0. The summed E-state index contributed by atoms with van der Waals surface area (Å²) in [4.78, 5) is 27.2. The highest BCUT2D eigenvalue weighted by Gasteiger charge is 2.45. The van der Waals surface area contributed by atoms with Gasteiger partial charge in [0.25, 0.3) is 11.7 Å². The molecule has 3 rings (SSSR count). The van der Waals surface area contributed by atoms with Gasteiger partial charge in [-0.3, -0.25) is 9.59 Å². The van der Waals surface area contributed by atoms with E-state index in [1.807, 2.05) is 31.2 Å². The Hall–Kier alpha value is -2.95. The van der Waals surface area contributed by atoms with Gasteiger partial charge in [-0.2, -0.15) is 0 Å². The molecule has 2 aromatic carbocycles. The number of aliphatic hydroxyl groups excluding tert-OH is 1. The van der Waals surface area contributed by atoms with Crippen molar-refractivity contribution in [3.63, 3.8) is 0 Å². The molecule has 1 aliphatic heterocycles. The van der Waals surface area contributed by atoms with Crippen molar-refractivity contribution in [3.8, 4) is 0 Å². The Morgan fingerprint density at radius 1 is 1.10 bits per heavy atom. The molecular weight excluding hydrogens is 369 g/mol. The number of Topliss-reactive ketones (excluding diaryl/α,β-unsaturated/α-hetero) is 1. The maximum absolute atomic E-state index is 13.7. The highest BCUT2D eigenvalue weighted by Crippen LogP contribution is 2.39. The zero-order valence-electron chi connectivity index (χ0n) is 17.0. The van der Waals surface area contributed by atoms with E-state index in [2.05, 4.69) is 6.92 Å². The fourth-order valence-corrected chi connectivity index (χ4v) is 3.67. The summed E-state index contributed by atoms with van der Waals surface area (Å²) >= 11 is 0. The largest absolute Gasteiger partial charge is 0.507 e. The predicted molar refractivity (Wildman–Crippen MR) is 111 cm³/mol. The van der Waals surface area contributed by atoms with Crippen LogP contribution in [0.25, 0.3) is 5.76 Å². The number of hydrogen-bond donors (Lipinski definition) is 1. The van der Waals surface area contributed by atoms with Crippen LogP contribution >= 0.6 is 0 Å². The number of amides is 1. The molecule has 0 saturated carbocycles. The Morgan fingerprint density at radius 2 is 1.79 bits per heavy atom. The third-order valence-electron chi connectivity index (χ3n) is 5.43. The Labute approximate surface area is 170 Å². The van der Waals surface area contributed by atoms with E-state index in [-0.39, 0.29) is 11.3 Å². The Morgan fingerprint density at radius 3 is 2.38 bits per heavy atom. The first-order valence-corrected chi connectivity index (χ1v) is 10.0. The number of carbonyl (C=O) groups is 2. The molecule has 0 spiro atoms. The third kappa shape index (κ3) is 3.95. The molecular formula is C24H26FNO3. The summed E-state index contributed by atoms with van der Waals surface area (Å²) in [6.07, 6.45) is 2.51. The quantitative estimate of drug-likeness (QED) is 0.429. The molecule has 1 heterocycles. The van der Waals surface area contributed by atoms with Crippen molar-refractivity contribution in [1.29, 1.82) is 0 Å². The first-order chi connectivity index (χ1) is 13.9. The number of carbonyl (C=O) groups excluding carboxylic acids is 2. The van der Waals surface area contributed by atoms with Crippen molar-refractivity contribution in [2.24, 2.45) is 0 Å². The molecule has 2 aromatic rings. The van der Waals surface area contributed by atoms with Crippen LogP contribution in [0.2, 0.25) is 0 Å². The maximum Gasteiger partial charge on any atom is 0.295 e. The molecule has 0 aliphatic carbocycles. The minimum atomic E-state index is -0.704. The molecule has 1 amide bonds. The topological polar surface area (TPSA) is 57.6 Å². The van der Waals surface area contributed by atoms with Gasteiger partial charge in [0, 0.05) is 12.1 Å². The van der Waals surface area contributed by atoms with E-state index in [0.717, 1.165) is 30.4 Å². The number of unbranched alkanes of at least 4 members (excludes halogenated alkanes) is 1. The van der Waals surface area contributed by atoms with Gasteiger partial charge in [0.05, 0.1) is 11.6 Å². The summed E-state index contributed by atoms with van der Waals surface area (Å²) in [7, 11) is 0. The molecule has 152 valence electrons. The van der Waals surface area contributed by atoms with Crippen LogP contribution in [0.1, 0.15) is 55.0 Å². The zero-order chi connectivity index (χ0) is 21.1. The van der Waals surface area contributed by atoms with Gasteiger partial charge in [0.2, 0.25) is 0 Å². The Balaban J connectivity index is 2.15. The maximum atomic E-state index is 13.7. The van der Waals surface area contributed by atoms with Crippen molar-refractivity contribution < 1.29 is 19.1 Å². The van der Waals surface area contributed by atoms with Crippen molar-refractivity contribution in [1.82, 2.24) is 4.90 Å². The fraction of sp³-hybridized carbons (Fsp3) is 0.333. The Bertz CT molecular complexity index is 963. The van der Waals surface area contributed by atoms with Crippen molar-refractivity contribution >= 4 is 17.4 Å². The number of aliphatic hydroxyl groups is 1. The lowest BCUT2D eigenvalue weighted by atomic mass is 9.94. The van der Waals surface area contributed by atoms with Gasteiger partial charge in [-0.1, -0.05) is 44.5 Å². The summed E-state index contributed by atoms with van der Waals surface area (Å²) < 4.78 is 13.7. The molecule has 0 radical (unpaired) electrons. The van der Waals surface area contributed by atoms with Crippen LogP contribution in [0, 0.1) is 12.7 Å². The molecule has 1 aliphatic rings. The number of rotatable bonds is 6. The first kappa shape index (κ1) is 20.8. The van der Waals surface area contributed by atoms with Gasteiger partial charge in [-0.15, -0.1) is 0 Å². The van der Waals surface area contributed by atoms with Gasteiger partial charge in [-0.25, -0.2) is 4.39 Å². The lowest BCUT2D eigenvalue weighted by molar-refractivity contribution is -0.139. The van der Waals surface area contributed by atoms with E-state index in [1.54, 1.807) is 6.92 Å². The average Bonchev–Trinajstić information content (AvgIpc) is 2.98. The van der Waals surface area contributed by atoms with Crippen molar-refractivity contribution in [2.75, 3.05) is 6.54 Å². The van der Waals surface area contributed by atoms with Crippen LogP contribution in [0.4, 0.5) is 4.39 Å². The summed E-state index contributed by atoms with van der Waals surface area (Å²) in [6.45, 7) is 6.09. The average molecular weight is 395 g/mol. The number of likely N-dealkylation sites (tertiary alicyclic amines) is 1. The van der Waals surface area contributed by atoms with E-state index < -0.39 is 23.5 Å². The van der Waals surface area contributed by atoms with Crippen molar-refractivity contribution in [2.45, 2.75) is 46.1 Å². The second-order valence-electron chi connectivity index (χ2n) is 7.41. The van der Waals surface area contributed by atoms with E-state index in [9.17, 15) is 19.1 Å². The van der Waals surface area contributed by atoms with Gasteiger partial charge < -0.3 is 10.0 Å². The second-order valence-corrected chi connectivity index (χ2v) is 7.41. The monoisotopic (exact) mass is 395 g/mol. The van der Waals surface area contributed by atoms with E-state index in [0.29, 0.717) is 17.7 Å². The normalized spacial score (nSPS) is 18.5. The molecule has 1 atom stereocenters. The molecule has 4 nitrogen and oxygen atoms in total. The molecule has 1 saturated heterocycles. The number of nitrogens with zero attached hydrogens (tertiary/aromatic N) is 1. The lowest BCUT2D eigenvalue weighted by Gasteiger charge is -2.25. The highest BCUT2D eigenvalue weighted by atomic mass is 19.1. The van der Waals surface area contributed by atoms with Crippen LogP contribution in [0.3, 0.4) is 0 Å². The Kier molecular flexibility index (Phi) is 6.16. The van der Waals surface area contributed by atoms with E-state index >= 15 is 0 Å². The number of benzene rings is 2.